The predicted octanol–water partition coefficient (Wildman–Crippen LogP) is 2.17. The molecule has 2 rings (SSSR count). The average Bonchev–Trinajstić information content (AvgIpc) is 2.41. The van der Waals surface area contributed by atoms with E-state index in [1.165, 1.54) is 12.3 Å². The number of nitrogens with one attached hydrogen (secondary N) is 1. The molecule has 4 N–H and O–H groups in total. The van der Waals surface area contributed by atoms with Gasteiger partial charge in [-0.2, -0.15) is 0 Å². The molecule has 0 spiro atoms. The molecule has 0 aliphatic rings. The maximum atomic E-state index is 10.8. The molecule has 1 aromatic heterocycles. The highest BCUT2D eigenvalue weighted by Crippen LogP contribution is 2.28. The lowest BCUT2D eigenvalue weighted by atomic mass is 10.2. The second-order valence-electron chi connectivity index (χ2n) is 4.50. The number of anilines is 4. The Balaban J connectivity index is 2.33. The fourth-order valence-electron chi connectivity index (χ4n) is 1.80. The summed E-state index contributed by atoms with van der Waals surface area (Å²) in [6, 6.07) is 9.09. The highest BCUT2D eigenvalue weighted by molar-refractivity contribution is 5.90. The van der Waals surface area contributed by atoms with Crippen molar-refractivity contribution in [3.63, 3.8) is 0 Å². The van der Waals surface area contributed by atoms with Crippen LogP contribution in [0.5, 0.6) is 0 Å². The van der Waals surface area contributed by atoms with Gasteiger partial charge in [0.05, 0.1) is 22.6 Å². The minimum absolute atomic E-state index is 0.0638. The number of nitrogens with zero attached hydrogens (tertiary/aromatic N) is 2. The molecule has 6 heteroatoms. The molecular formula is C14H16N4O2. The third kappa shape index (κ3) is 2.80. The molecule has 0 radical (unpaired) electrons. The quantitative estimate of drug-likeness (QED) is 0.790. The first-order chi connectivity index (χ1) is 9.49. The zero-order valence-corrected chi connectivity index (χ0v) is 11.3. The number of hydrogen-bond donors (Lipinski definition) is 3. The van der Waals surface area contributed by atoms with Crippen LogP contribution in [0.3, 0.4) is 0 Å². The Kier molecular flexibility index (Phi) is 3.74. The SMILES string of the molecule is CN(C)c1ccccc1Nc1ncc(C(=O)O)cc1N. The van der Waals surface area contributed by atoms with E-state index in [-0.39, 0.29) is 5.56 Å². The molecule has 20 heavy (non-hydrogen) atoms. The first-order valence-electron chi connectivity index (χ1n) is 6.01. The molecule has 2 aromatic rings. The van der Waals surface area contributed by atoms with Gasteiger partial charge in [0.25, 0.3) is 0 Å². The lowest BCUT2D eigenvalue weighted by molar-refractivity contribution is 0.0696. The van der Waals surface area contributed by atoms with E-state index < -0.39 is 5.97 Å². The Bertz CT molecular complexity index is 641. The normalized spacial score (nSPS) is 10.1. The summed E-state index contributed by atoms with van der Waals surface area (Å²) in [5.41, 5.74) is 8.01. The summed E-state index contributed by atoms with van der Waals surface area (Å²) < 4.78 is 0. The second-order valence-corrected chi connectivity index (χ2v) is 4.50. The van der Waals surface area contributed by atoms with Gasteiger partial charge in [-0.3, -0.25) is 0 Å². The molecule has 0 unspecified atom stereocenters. The molecule has 0 amide bonds. The fourth-order valence-corrected chi connectivity index (χ4v) is 1.80. The molecule has 0 saturated carbocycles. The molecule has 0 aliphatic heterocycles. The number of aromatic nitrogens is 1. The van der Waals surface area contributed by atoms with Crippen molar-refractivity contribution >= 4 is 28.8 Å². The summed E-state index contributed by atoms with van der Waals surface area (Å²) in [7, 11) is 3.87. The third-order valence-corrected chi connectivity index (χ3v) is 2.80. The minimum Gasteiger partial charge on any atom is -0.478 e. The van der Waals surface area contributed by atoms with Gasteiger partial charge < -0.3 is 21.1 Å². The molecule has 0 bridgehead atoms. The standard InChI is InChI=1S/C14H16N4O2/c1-18(2)12-6-4-3-5-11(12)17-13-10(15)7-9(8-16-13)14(19)20/h3-8H,15H2,1-2H3,(H,16,17)(H,19,20). The van der Waals surface area contributed by atoms with Crippen LogP contribution in [0, 0.1) is 0 Å². The maximum Gasteiger partial charge on any atom is 0.337 e. The number of pyridine rings is 1. The Labute approximate surface area is 116 Å². The van der Waals surface area contributed by atoms with Gasteiger partial charge in [0.15, 0.2) is 5.82 Å². The van der Waals surface area contributed by atoms with E-state index >= 15 is 0 Å². The van der Waals surface area contributed by atoms with Gasteiger partial charge in [0.2, 0.25) is 0 Å². The summed E-state index contributed by atoms with van der Waals surface area (Å²) in [5, 5.41) is 12.0. The Morgan fingerprint density at radius 3 is 2.65 bits per heavy atom. The van der Waals surface area contributed by atoms with Gasteiger partial charge in [-0.15, -0.1) is 0 Å². The van der Waals surface area contributed by atoms with Crippen molar-refractivity contribution in [1.29, 1.82) is 0 Å². The number of nitrogen functional groups attached to an aromatic ring is 1. The van der Waals surface area contributed by atoms with Crippen LogP contribution in [0.15, 0.2) is 36.5 Å². The van der Waals surface area contributed by atoms with Crippen molar-refractivity contribution < 1.29 is 9.90 Å². The lowest BCUT2D eigenvalue weighted by Gasteiger charge is -2.18. The number of carbonyl (C=O) groups is 1. The smallest absolute Gasteiger partial charge is 0.337 e. The van der Waals surface area contributed by atoms with E-state index in [9.17, 15) is 4.79 Å². The van der Waals surface area contributed by atoms with E-state index in [1.807, 2.05) is 43.3 Å². The monoisotopic (exact) mass is 272 g/mol. The summed E-state index contributed by atoms with van der Waals surface area (Å²) >= 11 is 0. The zero-order valence-electron chi connectivity index (χ0n) is 11.3. The largest absolute Gasteiger partial charge is 0.478 e. The number of benzene rings is 1. The number of hydrogen-bond acceptors (Lipinski definition) is 5. The van der Waals surface area contributed by atoms with Crippen LogP contribution in [0.1, 0.15) is 10.4 Å². The summed E-state index contributed by atoms with van der Waals surface area (Å²) in [6.45, 7) is 0. The van der Waals surface area contributed by atoms with E-state index in [1.54, 1.807) is 0 Å². The molecule has 1 aromatic carbocycles. The molecule has 1 heterocycles. The molecule has 0 atom stereocenters. The van der Waals surface area contributed by atoms with Crippen LogP contribution >= 0.6 is 0 Å². The van der Waals surface area contributed by atoms with Crippen LogP contribution in [0.25, 0.3) is 0 Å². The summed E-state index contributed by atoms with van der Waals surface area (Å²) in [4.78, 5) is 16.9. The van der Waals surface area contributed by atoms with Crippen molar-refractivity contribution in [2.24, 2.45) is 0 Å². The number of carboxylic acids is 1. The van der Waals surface area contributed by atoms with Crippen molar-refractivity contribution in [3.05, 3.63) is 42.1 Å². The molecule has 104 valence electrons. The molecular weight excluding hydrogens is 256 g/mol. The summed E-state index contributed by atoms with van der Waals surface area (Å²) in [5.74, 6) is -0.617. The van der Waals surface area contributed by atoms with E-state index in [0.717, 1.165) is 11.4 Å². The first kappa shape index (κ1) is 13.7. The van der Waals surface area contributed by atoms with Crippen molar-refractivity contribution in [3.8, 4) is 0 Å². The van der Waals surface area contributed by atoms with Gasteiger partial charge in [-0.25, -0.2) is 9.78 Å². The topological polar surface area (TPSA) is 91.5 Å². The van der Waals surface area contributed by atoms with Gasteiger partial charge in [0, 0.05) is 20.3 Å². The van der Waals surface area contributed by atoms with E-state index in [2.05, 4.69) is 10.3 Å². The zero-order chi connectivity index (χ0) is 14.7. The van der Waals surface area contributed by atoms with Crippen molar-refractivity contribution in [2.45, 2.75) is 0 Å². The Hall–Kier alpha value is -2.76. The van der Waals surface area contributed by atoms with E-state index in [0.29, 0.717) is 11.5 Å². The van der Waals surface area contributed by atoms with Gasteiger partial charge >= 0.3 is 5.97 Å². The van der Waals surface area contributed by atoms with Gasteiger partial charge in [-0.1, -0.05) is 12.1 Å². The third-order valence-electron chi connectivity index (χ3n) is 2.80. The highest BCUT2D eigenvalue weighted by atomic mass is 16.4. The maximum absolute atomic E-state index is 10.8. The molecule has 0 fully saturated rings. The van der Waals surface area contributed by atoms with Gasteiger partial charge in [-0.05, 0) is 18.2 Å². The van der Waals surface area contributed by atoms with Crippen molar-refractivity contribution in [1.82, 2.24) is 4.98 Å². The molecule has 6 nitrogen and oxygen atoms in total. The Morgan fingerprint density at radius 1 is 1.35 bits per heavy atom. The van der Waals surface area contributed by atoms with E-state index in [4.69, 9.17) is 10.8 Å². The van der Waals surface area contributed by atoms with Crippen LogP contribution in [-0.2, 0) is 0 Å². The number of aromatic carboxylic acids is 1. The van der Waals surface area contributed by atoms with Crippen LogP contribution in [0.4, 0.5) is 22.9 Å². The minimum atomic E-state index is -1.05. The number of rotatable bonds is 4. The predicted molar refractivity (Wildman–Crippen MR) is 79.7 cm³/mol. The number of carboxylic acid groups (broad SMARTS) is 1. The fraction of sp³-hybridized carbons (Fsp3) is 0.143. The van der Waals surface area contributed by atoms with Crippen LogP contribution in [0.2, 0.25) is 0 Å². The van der Waals surface area contributed by atoms with Crippen LogP contribution in [-0.4, -0.2) is 30.2 Å². The van der Waals surface area contributed by atoms with Crippen LogP contribution < -0.4 is 16.0 Å². The van der Waals surface area contributed by atoms with Gasteiger partial charge in [0.1, 0.15) is 0 Å². The first-order valence-corrected chi connectivity index (χ1v) is 6.01. The average molecular weight is 272 g/mol. The highest BCUT2D eigenvalue weighted by Gasteiger charge is 2.10. The van der Waals surface area contributed by atoms with Crippen molar-refractivity contribution in [2.75, 3.05) is 30.0 Å². The summed E-state index contributed by atoms with van der Waals surface area (Å²) in [6.07, 6.45) is 1.28. The second kappa shape index (κ2) is 5.48. The molecule has 0 aliphatic carbocycles. The molecule has 0 saturated heterocycles. The number of para-hydroxylation sites is 2. The number of nitrogens with two attached hydrogens (primary N) is 1. The lowest BCUT2D eigenvalue weighted by Crippen LogP contribution is -2.11. The Morgan fingerprint density at radius 2 is 2.05 bits per heavy atom.